The number of rotatable bonds is 1. The minimum Gasteiger partial charge on any atom is -0.366 e. The van der Waals surface area contributed by atoms with Gasteiger partial charge >= 0.3 is 0 Å². The fourth-order valence-corrected chi connectivity index (χ4v) is 1.18. The number of ether oxygens (including phenoxy) is 1. The second kappa shape index (κ2) is 2.32. The van der Waals surface area contributed by atoms with E-state index in [1.165, 1.54) is 0 Å². The van der Waals surface area contributed by atoms with E-state index in [2.05, 4.69) is 20.9 Å². The molecule has 0 aromatic carbocycles. The molecule has 0 amide bonds. The number of hydrogen-bond acceptors (Lipinski definition) is 2. The number of hydrogen-bond donors (Lipinski definition) is 0. The average molecular weight is 200 g/mol. The molecule has 52 valence electrons. The predicted octanol–water partition coefficient (Wildman–Crippen LogP) is 1.92. The third kappa shape index (κ3) is 1.20. The van der Waals surface area contributed by atoms with Gasteiger partial charge in [0.2, 0.25) is 0 Å². The molecule has 0 saturated carbocycles. The van der Waals surface area contributed by atoms with E-state index in [4.69, 9.17) is 4.74 Å². The Hall–Kier alpha value is -0.410. The first-order valence-electron chi connectivity index (χ1n) is 3.10. The lowest BCUT2D eigenvalue weighted by Gasteiger charge is -1.93. The highest BCUT2D eigenvalue weighted by Crippen LogP contribution is 2.28. The van der Waals surface area contributed by atoms with Gasteiger partial charge in [0, 0.05) is 0 Å². The monoisotopic (exact) mass is 199 g/mol. The second-order valence-electron chi connectivity index (χ2n) is 2.21. The van der Waals surface area contributed by atoms with Crippen LogP contribution < -0.4 is 0 Å². The maximum atomic E-state index is 5.07. The summed E-state index contributed by atoms with van der Waals surface area (Å²) < 4.78 is 5.94. The molecule has 3 heteroatoms. The van der Waals surface area contributed by atoms with Crippen LogP contribution in [0.25, 0.3) is 0 Å². The Kier molecular flexibility index (Phi) is 1.47. The zero-order valence-electron chi connectivity index (χ0n) is 5.25. The molecule has 1 aromatic rings. The molecule has 0 radical (unpaired) electrons. The first-order valence-corrected chi connectivity index (χ1v) is 3.89. The van der Waals surface area contributed by atoms with Gasteiger partial charge in [0.1, 0.15) is 10.7 Å². The van der Waals surface area contributed by atoms with Crippen molar-refractivity contribution in [1.82, 2.24) is 4.98 Å². The highest BCUT2D eigenvalue weighted by atomic mass is 79.9. The van der Waals surface area contributed by atoms with E-state index < -0.39 is 0 Å². The molecule has 1 fully saturated rings. The van der Waals surface area contributed by atoms with Crippen LogP contribution in [0.3, 0.4) is 0 Å². The highest BCUT2D eigenvalue weighted by Gasteiger charge is 2.25. The summed E-state index contributed by atoms with van der Waals surface area (Å²) in [5.41, 5.74) is 1.02. The van der Waals surface area contributed by atoms with Gasteiger partial charge in [-0.3, -0.25) is 0 Å². The number of pyridine rings is 1. The molecular weight excluding hydrogens is 194 g/mol. The lowest BCUT2D eigenvalue weighted by Crippen LogP contribution is -1.85. The van der Waals surface area contributed by atoms with Crippen molar-refractivity contribution in [3.8, 4) is 0 Å². The van der Waals surface area contributed by atoms with Crippen LogP contribution in [-0.2, 0) is 4.74 Å². The lowest BCUT2D eigenvalue weighted by atomic mass is 10.3. The third-order valence-corrected chi connectivity index (χ3v) is 1.84. The molecule has 2 nitrogen and oxygen atoms in total. The SMILES string of the molecule is Brc1cccc([C@@H]2CO2)n1. The van der Waals surface area contributed by atoms with Crippen LogP contribution in [0.4, 0.5) is 0 Å². The molecule has 0 bridgehead atoms. The topological polar surface area (TPSA) is 25.4 Å². The Balaban J connectivity index is 2.32. The quantitative estimate of drug-likeness (QED) is 0.511. The van der Waals surface area contributed by atoms with Gasteiger partial charge in [-0.1, -0.05) is 6.07 Å². The van der Waals surface area contributed by atoms with Gasteiger partial charge in [-0.2, -0.15) is 0 Å². The summed E-state index contributed by atoms with van der Waals surface area (Å²) in [6.45, 7) is 0.823. The van der Waals surface area contributed by atoms with Crippen molar-refractivity contribution in [3.63, 3.8) is 0 Å². The minimum absolute atomic E-state index is 0.262. The largest absolute Gasteiger partial charge is 0.366 e. The smallest absolute Gasteiger partial charge is 0.123 e. The number of halogens is 1. The maximum absolute atomic E-state index is 5.07. The Morgan fingerprint density at radius 3 is 3.00 bits per heavy atom. The maximum Gasteiger partial charge on any atom is 0.123 e. The van der Waals surface area contributed by atoms with Crippen molar-refractivity contribution in [2.75, 3.05) is 6.61 Å². The summed E-state index contributed by atoms with van der Waals surface area (Å²) in [7, 11) is 0. The molecule has 0 spiro atoms. The molecule has 0 aliphatic carbocycles. The van der Waals surface area contributed by atoms with Crippen LogP contribution in [0.2, 0.25) is 0 Å². The van der Waals surface area contributed by atoms with E-state index in [9.17, 15) is 0 Å². The van der Waals surface area contributed by atoms with Crippen LogP contribution in [0.1, 0.15) is 11.8 Å². The summed E-state index contributed by atoms with van der Waals surface area (Å²) in [6.07, 6.45) is 0.262. The normalized spacial score (nSPS) is 22.7. The van der Waals surface area contributed by atoms with Crippen molar-refractivity contribution in [1.29, 1.82) is 0 Å². The van der Waals surface area contributed by atoms with Gasteiger partial charge in [-0.15, -0.1) is 0 Å². The van der Waals surface area contributed by atoms with Crippen LogP contribution in [0.5, 0.6) is 0 Å². The molecule has 2 rings (SSSR count). The fraction of sp³-hybridized carbons (Fsp3) is 0.286. The van der Waals surface area contributed by atoms with Crippen molar-refractivity contribution >= 4 is 15.9 Å². The van der Waals surface area contributed by atoms with E-state index >= 15 is 0 Å². The van der Waals surface area contributed by atoms with Crippen molar-refractivity contribution < 1.29 is 4.74 Å². The van der Waals surface area contributed by atoms with Crippen molar-refractivity contribution in [3.05, 3.63) is 28.5 Å². The van der Waals surface area contributed by atoms with Gasteiger partial charge in [-0.25, -0.2) is 4.98 Å². The molecule has 1 aliphatic heterocycles. The van der Waals surface area contributed by atoms with Crippen LogP contribution in [-0.4, -0.2) is 11.6 Å². The van der Waals surface area contributed by atoms with Crippen molar-refractivity contribution in [2.45, 2.75) is 6.10 Å². The Morgan fingerprint density at radius 2 is 2.40 bits per heavy atom. The summed E-state index contributed by atoms with van der Waals surface area (Å²) in [5.74, 6) is 0. The fourth-order valence-electron chi connectivity index (χ4n) is 0.822. The minimum atomic E-state index is 0.262. The first-order chi connectivity index (χ1) is 4.86. The molecule has 1 aliphatic rings. The molecule has 0 unspecified atom stereocenters. The zero-order valence-corrected chi connectivity index (χ0v) is 6.84. The summed E-state index contributed by atoms with van der Waals surface area (Å²) >= 11 is 3.29. The zero-order chi connectivity index (χ0) is 6.97. The number of nitrogens with zero attached hydrogens (tertiary/aromatic N) is 1. The highest BCUT2D eigenvalue weighted by molar-refractivity contribution is 9.10. The van der Waals surface area contributed by atoms with E-state index in [0.29, 0.717) is 0 Å². The van der Waals surface area contributed by atoms with E-state index in [1.807, 2.05) is 18.2 Å². The average Bonchev–Trinajstić information content (AvgIpc) is 2.68. The van der Waals surface area contributed by atoms with Crippen LogP contribution >= 0.6 is 15.9 Å². The first kappa shape index (κ1) is 6.31. The molecule has 10 heavy (non-hydrogen) atoms. The van der Waals surface area contributed by atoms with Gasteiger partial charge in [0.05, 0.1) is 12.3 Å². The predicted molar refractivity (Wildman–Crippen MR) is 40.6 cm³/mol. The Morgan fingerprint density at radius 1 is 1.60 bits per heavy atom. The standard InChI is InChI=1S/C7H6BrNO/c8-7-3-1-2-5(9-7)6-4-10-6/h1-3,6H,4H2/t6-/m0/s1. The molecule has 1 saturated heterocycles. The number of aromatic nitrogens is 1. The van der Waals surface area contributed by atoms with E-state index in [-0.39, 0.29) is 6.10 Å². The summed E-state index contributed by atoms with van der Waals surface area (Å²) in [6, 6.07) is 5.85. The molecule has 2 heterocycles. The van der Waals surface area contributed by atoms with Crippen LogP contribution in [0, 0.1) is 0 Å². The summed E-state index contributed by atoms with van der Waals surface area (Å²) in [4.78, 5) is 4.23. The van der Waals surface area contributed by atoms with Gasteiger partial charge in [0.25, 0.3) is 0 Å². The van der Waals surface area contributed by atoms with Gasteiger partial charge in [0.15, 0.2) is 0 Å². The Bertz CT molecular complexity index is 247. The number of epoxide rings is 1. The van der Waals surface area contributed by atoms with E-state index in [0.717, 1.165) is 16.9 Å². The molecule has 0 N–H and O–H groups in total. The molecule has 1 aromatic heterocycles. The van der Waals surface area contributed by atoms with Crippen molar-refractivity contribution in [2.24, 2.45) is 0 Å². The third-order valence-electron chi connectivity index (χ3n) is 1.40. The Labute approximate surface area is 67.4 Å². The molecular formula is C7H6BrNO. The lowest BCUT2D eigenvalue weighted by molar-refractivity contribution is 0.411. The van der Waals surface area contributed by atoms with Gasteiger partial charge < -0.3 is 4.74 Å². The van der Waals surface area contributed by atoms with Gasteiger partial charge in [-0.05, 0) is 28.1 Å². The second-order valence-corrected chi connectivity index (χ2v) is 3.02. The molecule has 1 atom stereocenters. The van der Waals surface area contributed by atoms with E-state index in [1.54, 1.807) is 0 Å². The summed E-state index contributed by atoms with van der Waals surface area (Å²) in [5, 5.41) is 0. The van der Waals surface area contributed by atoms with Crippen LogP contribution in [0.15, 0.2) is 22.8 Å².